The van der Waals surface area contributed by atoms with E-state index < -0.39 is 0 Å². The molecule has 2 aliphatic rings. The van der Waals surface area contributed by atoms with Gasteiger partial charge in [0.05, 0.1) is 0 Å². The van der Waals surface area contributed by atoms with E-state index in [4.69, 9.17) is 11.6 Å². The molecule has 1 unspecified atom stereocenters. The Morgan fingerprint density at radius 2 is 2.17 bits per heavy atom. The average molecular weight is 340 g/mol. The normalized spacial score (nSPS) is 27.0. The van der Waals surface area contributed by atoms with Crippen LogP contribution in [0.1, 0.15) is 24.8 Å². The Labute approximate surface area is 141 Å². The quantitative estimate of drug-likeness (QED) is 0.897. The lowest BCUT2D eigenvalue weighted by Gasteiger charge is -2.49. The van der Waals surface area contributed by atoms with Crippen molar-refractivity contribution in [1.82, 2.24) is 15.1 Å². The van der Waals surface area contributed by atoms with Crippen molar-refractivity contribution in [2.45, 2.75) is 31.3 Å². The molecule has 23 heavy (non-hydrogen) atoms. The highest BCUT2D eigenvalue weighted by molar-refractivity contribution is 6.31. The van der Waals surface area contributed by atoms with Crippen LogP contribution < -0.4 is 5.32 Å². The van der Waals surface area contributed by atoms with E-state index in [0.717, 1.165) is 44.6 Å². The lowest BCUT2D eigenvalue weighted by atomic mass is 9.86. The van der Waals surface area contributed by atoms with Crippen LogP contribution in [-0.4, -0.2) is 54.5 Å². The maximum Gasteiger partial charge on any atom is 0.220 e. The zero-order valence-corrected chi connectivity index (χ0v) is 14.2. The topological polar surface area (TPSA) is 35.6 Å². The van der Waals surface area contributed by atoms with Crippen molar-refractivity contribution < 1.29 is 9.18 Å². The minimum absolute atomic E-state index is 0.0111. The van der Waals surface area contributed by atoms with Gasteiger partial charge in [0.2, 0.25) is 5.91 Å². The standard InChI is InChI=1S/C17H23ClFN3O/c1-21-8-9-22(11-13-10-14(19)2-3-15(13)18)12-17(21)5-4-16(23)20-7-6-17/h2-3,10H,4-9,11-12H2,1H3,(H,20,23). The smallest absolute Gasteiger partial charge is 0.220 e. The van der Waals surface area contributed by atoms with Crippen LogP contribution in [0.3, 0.4) is 0 Å². The Bertz CT molecular complexity index is 597. The summed E-state index contributed by atoms with van der Waals surface area (Å²) in [7, 11) is 2.14. The Hall–Kier alpha value is -1.17. The number of nitrogens with one attached hydrogen (secondary N) is 1. The number of piperazine rings is 1. The zero-order valence-electron chi connectivity index (χ0n) is 13.4. The van der Waals surface area contributed by atoms with E-state index in [1.54, 1.807) is 6.07 Å². The number of hydrogen-bond donors (Lipinski definition) is 1. The summed E-state index contributed by atoms with van der Waals surface area (Å²) in [4.78, 5) is 16.4. The van der Waals surface area contributed by atoms with Gasteiger partial charge in [0.1, 0.15) is 5.82 Å². The van der Waals surface area contributed by atoms with Gasteiger partial charge < -0.3 is 5.32 Å². The van der Waals surface area contributed by atoms with Crippen LogP contribution in [0.5, 0.6) is 0 Å². The van der Waals surface area contributed by atoms with E-state index in [2.05, 4.69) is 22.2 Å². The molecular weight excluding hydrogens is 317 g/mol. The van der Waals surface area contributed by atoms with E-state index in [1.165, 1.54) is 12.1 Å². The third kappa shape index (κ3) is 3.67. The molecule has 1 atom stereocenters. The van der Waals surface area contributed by atoms with Gasteiger partial charge in [-0.3, -0.25) is 14.6 Å². The predicted octanol–water partition coefficient (Wildman–Crippen LogP) is 2.27. The molecule has 126 valence electrons. The van der Waals surface area contributed by atoms with Gasteiger partial charge in [-0.1, -0.05) is 11.6 Å². The lowest BCUT2D eigenvalue weighted by molar-refractivity contribution is -0.121. The molecule has 1 spiro atoms. The van der Waals surface area contributed by atoms with Crippen LogP contribution in [0, 0.1) is 5.82 Å². The maximum absolute atomic E-state index is 13.5. The number of halogens is 2. The molecule has 0 bridgehead atoms. The second-order valence-corrected chi connectivity index (χ2v) is 7.10. The molecule has 2 aliphatic heterocycles. The van der Waals surface area contributed by atoms with Gasteiger partial charge in [-0.2, -0.15) is 0 Å². The summed E-state index contributed by atoms with van der Waals surface area (Å²) in [5.74, 6) is -0.113. The summed E-state index contributed by atoms with van der Waals surface area (Å²) in [6, 6.07) is 4.53. The fraction of sp³-hybridized carbons (Fsp3) is 0.588. The van der Waals surface area contributed by atoms with Crippen LogP contribution in [0.4, 0.5) is 4.39 Å². The number of likely N-dealkylation sites (N-methyl/N-ethyl adjacent to an activating group) is 1. The number of rotatable bonds is 2. The second-order valence-electron chi connectivity index (χ2n) is 6.69. The molecule has 0 radical (unpaired) electrons. The summed E-state index contributed by atoms with van der Waals surface area (Å²) in [6.07, 6.45) is 2.38. The van der Waals surface area contributed by atoms with Crippen LogP contribution >= 0.6 is 11.6 Å². The number of nitrogens with zero attached hydrogens (tertiary/aromatic N) is 2. The number of carbonyl (C=O) groups is 1. The minimum Gasteiger partial charge on any atom is -0.356 e. The van der Waals surface area contributed by atoms with Gasteiger partial charge in [-0.25, -0.2) is 4.39 Å². The largest absolute Gasteiger partial charge is 0.356 e. The Morgan fingerprint density at radius 1 is 1.35 bits per heavy atom. The Kier molecular flexibility index (Phi) is 4.90. The molecule has 2 heterocycles. The monoisotopic (exact) mass is 339 g/mol. The van der Waals surface area contributed by atoms with Crippen molar-refractivity contribution in [3.05, 3.63) is 34.6 Å². The Morgan fingerprint density at radius 3 is 3.00 bits per heavy atom. The molecule has 0 saturated carbocycles. The predicted molar refractivity (Wildman–Crippen MR) is 88.9 cm³/mol. The van der Waals surface area contributed by atoms with Crippen LogP contribution in [-0.2, 0) is 11.3 Å². The van der Waals surface area contributed by atoms with Crippen molar-refractivity contribution in [3.63, 3.8) is 0 Å². The summed E-state index contributed by atoms with van der Waals surface area (Å²) in [5, 5.41) is 3.57. The first-order valence-corrected chi connectivity index (χ1v) is 8.51. The SMILES string of the molecule is CN1CCN(Cc2cc(F)ccc2Cl)CC12CCNC(=O)CC2. The number of hydrogen-bond acceptors (Lipinski definition) is 3. The van der Waals surface area contributed by atoms with Crippen molar-refractivity contribution in [2.24, 2.45) is 0 Å². The molecule has 0 aromatic heterocycles. The fourth-order valence-corrected chi connectivity index (χ4v) is 3.90. The van der Waals surface area contributed by atoms with Gasteiger partial charge in [-0.05, 0) is 43.7 Å². The van der Waals surface area contributed by atoms with E-state index in [1.807, 2.05) is 0 Å². The number of carbonyl (C=O) groups excluding carboxylic acids is 1. The van der Waals surface area contributed by atoms with Gasteiger partial charge in [0.25, 0.3) is 0 Å². The highest BCUT2D eigenvalue weighted by Gasteiger charge is 2.40. The summed E-state index contributed by atoms with van der Waals surface area (Å²) in [6.45, 7) is 4.12. The van der Waals surface area contributed by atoms with E-state index >= 15 is 0 Å². The zero-order chi connectivity index (χ0) is 16.4. The van der Waals surface area contributed by atoms with Crippen LogP contribution in [0.15, 0.2) is 18.2 Å². The Balaban J connectivity index is 1.74. The first kappa shape index (κ1) is 16.7. The van der Waals surface area contributed by atoms with Crippen molar-refractivity contribution in [1.29, 1.82) is 0 Å². The van der Waals surface area contributed by atoms with E-state index in [9.17, 15) is 9.18 Å². The molecule has 1 amide bonds. The van der Waals surface area contributed by atoms with Gasteiger partial charge in [0, 0.05) is 49.7 Å². The van der Waals surface area contributed by atoms with Gasteiger partial charge in [0.15, 0.2) is 0 Å². The minimum atomic E-state index is -0.252. The van der Waals surface area contributed by atoms with Crippen LogP contribution in [0.2, 0.25) is 5.02 Å². The number of amides is 1. The number of benzene rings is 1. The van der Waals surface area contributed by atoms with Crippen molar-refractivity contribution in [3.8, 4) is 0 Å². The molecule has 2 fully saturated rings. The highest BCUT2D eigenvalue weighted by Crippen LogP contribution is 2.31. The lowest BCUT2D eigenvalue weighted by Crippen LogP contribution is -2.60. The summed E-state index contributed by atoms with van der Waals surface area (Å²) < 4.78 is 13.5. The van der Waals surface area contributed by atoms with Gasteiger partial charge in [-0.15, -0.1) is 0 Å². The first-order chi connectivity index (χ1) is 11.0. The maximum atomic E-state index is 13.5. The molecule has 1 N–H and O–H groups in total. The third-order valence-corrected chi connectivity index (χ3v) is 5.58. The molecule has 4 nitrogen and oxygen atoms in total. The van der Waals surface area contributed by atoms with E-state index in [-0.39, 0.29) is 17.3 Å². The summed E-state index contributed by atoms with van der Waals surface area (Å²) in [5.41, 5.74) is 0.839. The summed E-state index contributed by atoms with van der Waals surface area (Å²) >= 11 is 6.21. The van der Waals surface area contributed by atoms with Gasteiger partial charge >= 0.3 is 0 Å². The molecule has 1 aromatic rings. The van der Waals surface area contributed by atoms with Crippen molar-refractivity contribution >= 4 is 17.5 Å². The fourth-order valence-electron chi connectivity index (χ4n) is 3.72. The van der Waals surface area contributed by atoms with Crippen molar-refractivity contribution in [2.75, 3.05) is 33.2 Å². The molecule has 6 heteroatoms. The molecule has 1 aromatic carbocycles. The second kappa shape index (κ2) is 6.75. The molecular formula is C17H23ClFN3O. The average Bonchev–Trinajstić information content (AvgIpc) is 2.70. The highest BCUT2D eigenvalue weighted by atomic mass is 35.5. The molecule has 2 saturated heterocycles. The van der Waals surface area contributed by atoms with Crippen LogP contribution in [0.25, 0.3) is 0 Å². The molecule has 3 rings (SSSR count). The first-order valence-electron chi connectivity index (χ1n) is 8.13. The van der Waals surface area contributed by atoms with E-state index in [0.29, 0.717) is 18.0 Å². The molecule has 0 aliphatic carbocycles. The third-order valence-electron chi connectivity index (χ3n) is 5.21.